The van der Waals surface area contributed by atoms with Gasteiger partial charge in [0, 0.05) is 16.9 Å². The zero-order valence-corrected chi connectivity index (χ0v) is 15.2. The minimum absolute atomic E-state index is 0.0267. The Kier molecular flexibility index (Phi) is 6.49. The van der Waals surface area contributed by atoms with Crippen molar-refractivity contribution in [3.63, 3.8) is 0 Å². The molecule has 0 aromatic heterocycles. The molecule has 0 aliphatic carbocycles. The van der Waals surface area contributed by atoms with E-state index in [1.165, 1.54) is 6.92 Å². The molecule has 136 valence electrons. The van der Waals surface area contributed by atoms with Crippen molar-refractivity contribution in [2.75, 3.05) is 23.7 Å². The number of aryl methyl sites for hydroxylation is 1. The highest BCUT2D eigenvalue weighted by Gasteiger charge is 2.10. The van der Waals surface area contributed by atoms with Gasteiger partial charge in [-0.25, -0.2) is 0 Å². The maximum absolute atomic E-state index is 12.0. The molecule has 3 N–H and O–H groups in total. The van der Waals surface area contributed by atoms with Crippen LogP contribution in [0.25, 0.3) is 0 Å². The second-order valence-corrected chi connectivity index (χ2v) is 6.03. The number of nitrogens with one attached hydrogen (secondary N) is 3. The van der Waals surface area contributed by atoms with E-state index in [-0.39, 0.29) is 30.7 Å². The minimum atomic E-state index is -0.334. The fourth-order valence-electron chi connectivity index (χ4n) is 2.44. The molecule has 26 heavy (non-hydrogen) atoms. The highest BCUT2D eigenvalue weighted by molar-refractivity contribution is 6.00. The highest BCUT2D eigenvalue weighted by atomic mass is 16.2. The molecule has 2 aromatic rings. The zero-order chi connectivity index (χ0) is 19.1. The number of hydrogen-bond acceptors (Lipinski definition) is 4. The van der Waals surface area contributed by atoms with E-state index in [2.05, 4.69) is 16.0 Å². The van der Waals surface area contributed by atoms with E-state index >= 15 is 0 Å². The Hall–Kier alpha value is -3.15. The average molecular weight is 353 g/mol. The van der Waals surface area contributed by atoms with Crippen LogP contribution >= 0.6 is 0 Å². The zero-order valence-electron chi connectivity index (χ0n) is 15.2. The summed E-state index contributed by atoms with van der Waals surface area (Å²) in [6.45, 7) is 5.22. The largest absolute Gasteiger partial charge is 0.376 e. The van der Waals surface area contributed by atoms with Crippen LogP contribution < -0.4 is 16.0 Å². The predicted octanol–water partition coefficient (Wildman–Crippen LogP) is 2.67. The second kappa shape index (κ2) is 8.80. The lowest BCUT2D eigenvalue weighted by Crippen LogP contribution is -2.36. The molecule has 0 heterocycles. The van der Waals surface area contributed by atoms with E-state index in [9.17, 15) is 14.4 Å². The molecular weight excluding hydrogens is 330 g/mol. The number of amides is 2. The number of carbonyl (C=O) groups is 3. The molecule has 2 aromatic carbocycles. The Labute approximate surface area is 153 Å². The molecule has 0 saturated carbocycles. The Bertz CT molecular complexity index is 831. The molecule has 0 spiro atoms. The first-order valence-corrected chi connectivity index (χ1v) is 8.35. The van der Waals surface area contributed by atoms with Gasteiger partial charge in [0.25, 0.3) is 0 Å². The van der Waals surface area contributed by atoms with Gasteiger partial charge in [-0.05, 0) is 50.1 Å². The van der Waals surface area contributed by atoms with Crippen molar-refractivity contribution < 1.29 is 14.4 Å². The molecule has 2 rings (SSSR count). The van der Waals surface area contributed by atoms with Crippen molar-refractivity contribution in [2.24, 2.45) is 0 Å². The summed E-state index contributed by atoms with van der Waals surface area (Å²) in [5, 5.41) is 8.26. The van der Waals surface area contributed by atoms with Gasteiger partial charge in [-0.3, -0.25) is 14.4 Å². The summed E-state index contributed by atoms with van der Waals surface area (Å²) in [5.74, 6) is -0.711. The maximum atomic E-state index is 12.0. The Morgan fingerprint density at radius 2 is 1.54 bits per heavy atom. The SMILES string of the molecule is CC(=O)c1ccccc1NCC(=O)NCC(=O)Nc1cccc(C)c1C. The summed E-state index contributed by atoms with van der Waals surface area (Å²) in [6, 6.07) is 12.6. The number of para-hydroxylation sites is 1. The summed E-state index contributed by atoms with van der Waals surface area (Å²) in [6.07, 6.45) is 0. The molecule has 0 aliphatic rings. The first kappa shape index (κ1) is 19.2. The highest BCUT2D eigenvalue weighted by Crippen LogP contribution is 2.17. The molecular formula is C20H23N3O3. The van der Waals surface area contributed by atoms with Crippen LogP contribution in [0.5, 0.6) is 0 Å². The molecule has 0 radical (unpaired) electrons. The van der Waals surface area contributed by atoms with Crippen LogP contribution in [0.15, 0.2) is 42.5 Å². The lowest BCUT2D eigenvalue weighted by atomic mass is 10.1. The van der Waals surface area contributed by atoms with E-state index in [0.29, 0.717) is 11.3 Å². The third-order valence-electron chi connectivity index (χ3n) is 4.07. The van der Waals surface area contributed by atoms with Crippen LogP contribution in [0, 0.1) is 13.8 Å². The summed E-state index contributed by atoms with van der Waals surface area (Å²) in [5.41, 5.74) is 3.93. The standard InChI is InChI=1S/C20H23N3O3/c1-13-7-6-10-17(14(13)2)23-20(26)12-22-19(25)11-21-18-9-5-4-8-16(18)15(3)24/h4-10,21H,11-12H2,1-3H3,(H,22,25)(H,23,26). The van der Waals surface area contributed by atoms with E-state index in [1.54, 1.807) is 24.3 Å². The van der Waals surface area contributed by atoms with E-state index in [1.807, 2.05) is 32.0 Å². The fourth-order valence-corrected chi connectivity index (χ4v) is 2.44. The first-order valence-electron chi connectivity index (χ1n) is 8.35. The topological polar surface area (TPSA) is 87.3 Å². The number of benzene rings is 2. The second-order valence-electron chi connectivity index (χ2n) is 6.03. The van der Waals surface area contributed by atoms with Crippen LogP contribution in [0.4, 0.5) is 11.4 Å². The summed E-state index contributed by atoms with van der Waals surface area (Å²) in [7, 11) is 0. The van der Waals surface area contributed by atoms with Crippen LogP contribution in [-0.2, 0) is 9.59 Å². The molecule has 0 saturated heterocycles. The number of Topliss-reactive ketones (excluding diaryl/α,β-unsaturated/α-hetero) is 1. The molecule has 0 fully saturated rings. The van der Waals surface area contributed by atoms with Gasteiger partial charge >= 0.3 is 0 Å². The molecule has 0 aliphatic heterocycles. The maximum Gasteiger partial charge on any atom is 0.243 e. The van der Waals surface area contributed by atoms with E-state index < -0.39 is 0 Å². The summed E-state index contributed by atoms with van der Waals surface area (Å²) >= 11 is 0. The molecule has 0 atom stereocenters. The van der Waals surface area contributed by atoms with Crippen LogP contribution in [-0.4, -0.2) is 30.7 Å². The van der Waals surface area contributed by atoms with E-state index in [0.717, 1.165) is 16.8 Å². The number of anilines is 2. The van der Waals surface area contributed by atoms with Crippen molar-refractivity contribution >= 4 is 29.0 Å². The quantitative estimate of drug-likeness (QED) is 0.668. The summed E-state index contributed by atoms with van der Waals surface area (Å²) in [4.78, 5) is 35.5. The lowest BCUT2D eigenvalue weighted by Gasteiger charge is -2.12. The van der Waals surface area contributed by atoms with Gasteiger partial charge < -0.3 is 16.0 Å². The van der Waals surface area contributed by atoms with Gasteiger partial charge in [0.1, 0.15) is 0 Å². The number of hydrogen-bond donors (Lipinski definition) is 3. The Balaban J connectivity index is 1.83. The number of ketones is 1. The van der Waals surface area contributed by atoms with Crippen LogP contribution in [0.1, 0.15) is 28.4 Å². The summed E-state index contributed by atoms with van der Waals surface area (Å²) < 4.78 is 0. The van der Waals surface area contributed by atoms with Gasteiger partial charge in [-0.1, -0.05) is 24.3 Å². The van der Waals surface area contributed by atoms with Crippen molar-refractivity contribution in [3.05, 3.63) is 59.2 Å². The van der Waals surface area contributed by atoms with Gasteiger partial charge in [-0.2, -0.15) is 0 Å². The van der Waals surface area contributed by atoms with Gasteiger partial charge in [-0.15, -0.1) is 0 Å². The number of rotatable bonds is 7. The molecule has 2 amide bonds. The molecule has 0 bridgehead atoms. The third kappa shape index (κ3) is 5.17. The van der Waals surface area contributed by atoms with Crippen LogP contribution in [0.2, 0.25) is 0 Å². The third-order valence-corrected chi connectivity index (χ3v) is 4.07. The first-order chi connectivity index (χ1) is 12.4. The van der Waals surface area contributed by atoms with Crippen molar-refractivity contribution in [1.82, 2.24) is 5.32 Å². The molecule has 6 nitrogen and oxygen atoms in total. The van der Waals surface area contributed by atoms with Gasteiger partial charge in [0.05, 0.1) is 13.1 Å². The van der Waals surface area contributed by atoms with Crippen molar-refractivity contribution in [2.45, 2.75) is 20.8 Å². The normalized spacial score (nSPS) is 10.1. The number of carbonyl (C=O) groups excluding carboxylic acids is 3. The Morgan fingerprint density at radius 3 is 2.27 bits per heavy atom. The van der Waals surface area contributed by atoms with Gasteiger partial charge in [0.15, 0.2) is 5.78 Å². The van der Waals surface area contributed by atoms with Crippen molar-refractivity contribution in [3.8, 4) is 0 Å². The molecule has 0 unspecified atom stereocenters. The lowest BCUT2D eigenvalue weighted by molar-refractivity contribution is -0.122. The van der Waals surface area contributed by atoms with Gasteiger partial charge in [0.2, 0.25) is 11.8 Å². The van der Waals surface area contributed by atoms with Crippen molar-refractivity contribution in [1.29, 1.82) is 0 Å². The minimum Gasteiger partial charge on any atom is -0.376 e. The monoisotopic (exact) mass is 353 g/mol. The average Bonchev–Trinajstić information content (AvgIpc) is 2.62. The van der Waals surface area contributed by atoms with E-state index in [4.69, 9.17) is 0 Å². The Morgan fingerprint density at radius 1 is 0.846 bits per heavy atom. The fraction of sp³-hybridized carbons (Fsp3) is 0.250. The van der Waals surface area contributed by atoms with Crippen LogP contribution in [0.3, 0.4) is 0 Å². The smallest absolute Gasteiger partial charge is 0.243 e. The predicted molar refractivity (Wildman–Crippen MR) is 102 cm³/mol. The molecule has 6 heteroatoms.